The number of rotatable bonds is 6. The van der Waals surface area contributed by atoms with E-state index < -0.39 is 6.10 Å². The van der Waals surface area contributed by atoms with E-state index in [2.05, 4.69) is 5.32 Å². The summed E-state index contributed by atoms with van der Waals surface area (Å²) in [5.74, 6) is 0.450. The Morgan fingerprint density at radius 2 is 2.04 bits per heavy atom. The second-order valence-electron chi connectivity index (χ2n) is 6.51. The lowest BCUT2D eigenvalue weighted by atomic mass is 10.1. The van der Waals surface area contributed by atoms with Gasteiger partial charge in [0.15, 0.2) is 6.10 Å². The monoisotopic (exact) mass is 368 g/mol. The van der Waals surface area contributed by atoms with Gasteiger partial charge in [0.1, 0.15) is 5.75 Å². The van der Waals surface area contributed by atoms with Gasteiger partial charge in [-0.25, -0.2) is 0 Å². The van der Waals surface area contributed by atoms with Crippen LogP contribution in [0.25, 0.3) is 0 Å². The molecule has 1 aliphatic heterocycles. The average Bonchev–Trinajstić information content (AvgIpc) is 2.80. The second-order valence-corrected chi connectivity index (χ2v) is 6.51. The molecule has 6 nitrogen and oxygen atoms in total. The van der Waals surface area contributed by atoms with Gasteiger partial charge in [0.25, 0.3) is 11.8 Å². The molecule has 0 spiro atoms. The summed E-state index contributed by atoms with van der Waals surface area (Å²) in [5.41, 5.74) is 2.13. The van der Waals surface area contributed by atoms with Crippen LogP contribution in [0.2, 0.25) is 0 Å². The standard InChI is InChI=1S/C21H24N2O4/c1-15-21(25)23(11-6-12-26-2)14-17-13-18(9-10-19(17)27-15)22-20(24)16-7-4-3-5-8-16/h3-5,7-10,13,15H,6,11-12,14H2,1-2H3,(H,22,24)/t15-/m0/s1. The molecule has 1 heterocycles. The first-order chi connectivity index (χ1) is 13.1. The molecular formula is C21H24N2O4. The highest BCUT2D eigenvalue weighted by atomic mass is 16.5. The van der Waals surface area contributed by atoms with Gasteiger partial charge in [-0.15, -0.1) is 0 Å². The number of ether oxygens (including phenoxy) is 2. The number of benzene rings is 2. The van der Waals surface area contributed by atoms with E-state index >= 15 is 0 Å². The minimum Gasteiger partial charge on any atom is -0.481 e. The van der Waals surface area contributed by atoms with Crippen LogP contribution in [0.1, 0.15) is 29.3 Å². The topological polar surface area (TPSA) is 67.9 Å². The molecule has 1 aliphatic rings. The fourth-order valence-corrected chi connectivity index (χ4v) is 3.06. The van der Waals surface area contributed by atoms with Crippen molar-refractivity contribution in [2.24, 2.45) is 0 Å². The van der Waals surface area contributed by atoms with Crippen molar-refractivity contribution in [1.82, 2.24) is 4.90 Å². The summed E-state index contributed by atoms with van der Waals surface area (Å²) >= 11 is 0. The van der Waals surface area contributed by atoms with Crippen LogP contribution in [0.15, 0.2) is 48.5 Å². The van der Waals surface area contributed by atoms with E-state index in [4.69, 9.17) is 9.47 Å². The lowest BCUT2D eigenvalue weighted by Crippen LogP contribution is -2.38. The Morgan fingerprint density at radius 1 is 1.26 bits per heavy atom. The van der Waals surface area contributed by atoms with Crippen LogP contribution in [0, 0.1) is 0 Å². The molecule has 1 N–H and O–H groups in total. The van der Waals surface area contributed by atoms with E-state index in [9.17, 15) is 9.59 Å². The molecule has 6 heteroatoms. The molecule has 1 atom stereocenters. The molecule has 0 saturated heterocycles. The van der Waals surface area contributed by atoms with E-state index in [1.165, 1.54) is 0 Å². The normalized spacial score (nSPS) is 16.3. The molecule has 0 unspecified atom stereocenters. The van der Waals surface area contributed by atoms with Gasteiger partial charge in [-0.1, -0.05) is 18.2 Å². The maximum absolute atomic E-state index is 12.5. The molecule has 0 aliphatic carbocycles. The third-order valence-corrected chi connectivity index (χ3v) is 4.46. The van der Waals surface area contributed by atoms with Crippen molar-refractivity contribution in [3.8, 4) is 5.75 Å². The van der Waals surface area contributed by atoms with Gasteiger partial charge >= 0.3 is 0 Å². The lowest BCUT2D eigenvalue weighted by molar-refractivity contribution is -0.137. The first-order valence-corrected chi connectivity index (χ1v) is 9.02. The van der Waals surface area contributed by atoms with Crippen molar-refractivity contribution < 1.29 is 19.1 Å². The summed E-state index contributed by atoms with van der Waals surface area (Å²) in [5, 5.41) is 2.90. The maximum atomic E-state index is 12.5. The summed E-state index contributed by atoms with van der Waals surface area (Å²) in [6.07, 6.45) is 0.216. The number of carbonyl (C=O) groups is 2. The number of nitrogens with zero attached hydrogens (tertiary/aromatic N) is 1. The molecule has 2 amide bonds. The summed E-state index contributed by atoms with van der Waals surface area (Å²) in [6.45, 7) is 3.39. The minimum atomic E-state index is -0.543. The zero-order valence-electron chi connectivity index (χ0n) is 15.6. The molecule has 27 heavy (non-hydrogen) atoms. The summed E-state index contributed by atoms with van der Waals surface area (Å²) in [7, 11) is 1.65. The molecule has 3 rings (SSSR count). The Hall–Kier alpha value is -2.86. The second kappa shape index (κ2) is 8.68. The molecular weight excluding hydrogens is 344 g/mol. The molecule has 142 valence electrons. The predicted octanol–water partition coefficient (Wildman–Crippen LogP) is 3.08. The molecule has 0 aromatic heterocycles. The highest BCUT2D eigenvalue weighted by Gasteiger charge is 2.27. The fourth-order valence-electron chi connectivity index (χ4n) is 3.06. The highest BCUT2D eigenvalue weighted by molar-refractivity contribution is 6.04. The van der Waals surface area contributed by atoms with Gasteiger partial charge in [0.2, 0.25) is 0 Å². The van der Waals surface area contributed by atoms with Crippen molar-refractivity contribution in [2.75, 3.05) is 25.6 Å². The Labute approximate surface area is 159 Å². The quantitative estimate of drug-likeness (QED) is 0.796. The molecule has 0 saturated carbocycles. The van der Waals surface area contributed by atoms with E-state index in [-0.39, 0.29) is 11.8 Å². The van der Waals surface area contributed by atoms with Gasteiger partial charge in [-0.3, -0.25) is 9.59 Å². The average molecular weight is 368 g/mol. The third kappa shape index (κ3) is 4.65. The van der Waals surface area contributed by atoms with Gasteiger partial charge in [0.05, 0.1) is 0 Å². The fraction of sp³-hybridized carbons (Fsp3) is 0.333. The molecule has 2 aromatic carbocycles. The van der Waals surface area contributed by atoms with Crippen LogP contribution >= 0.6 is 0 Å². The highest BCUT2D eigenvalue weighted by Crippen LogP contribution is 2.29. The Morgan fingerprint density at radius 3 is 2.78 bits per heavy atom. The number of fused-ring (bicyclic) bond motifs is 1. The number of methoxy groups -OCH3 is 1. The zero-order chi connectivity index (χ0) is 19.2. The first kappa shape index (κ1) is 18.9. The predicted molar refractivity (Wildman–Crippen MR) is 103 cm³/mol. The Bertz CT molecular complexity index is 807. The smallest absolute Gasteiger partial charge is 0.263 e. The van der Waals surface area contributed by atoms with Crippen molar-refractivity contribution in [1.29, 1.82) is 0 Å². The van der Waals surface area contributed by atoms with Gasteiger partial charge < -0.3 is 19.7 Å². The SMILES string of the molecule is COCCCN1Cc2cc(NC(=O)c3ccccc3)ccc2O[C@@H](C)C1=O. The van der Waals surface area contributed by atoms with E-state index in [1.54, 1.807) is 43.2 Å². The van der Waals surface area contributed by atoms with Crippen LogP contribution < -0.4 is 10.1 Å². The molecule has 0 bridgehead atoms. The Kier molecular flexibility index (Phi) is 6.08. The van der Waals surface area contributed by atoms with Crippen LogP contribution in [0.4, 0.5) is 5.69 Å². The van der Waals surface area contributed by atoms with Crippen molar-refractivity contribution in [3.05, 3.63) is 59.7 Å². The lowest BCUT2D eigenvalue weighted by Gasteiger charge is -2.22. The van der Waals surface area contributed by atoms with E-state index in [0.717, 1.165) is 12.0 Å². The van der Waals surface area contributed by atoms with Crippen molar-refractivity contribution in [3.63, 3.8) is 0 Å². The number of hydrogen-bond acceptors (Lipinski definition) is 4. The first-order valence-electron chi connectivity index (χ1n) is 9.02. The maximum Gasteiger partial charge on any atom is 0.263 e. The van der Waals surface area contributed by atoms with Gasteiger partial charge in [0, 0.05) is 43.6 Å². The van der Waals surface area contributed by atoms with E-state index in [1.807, 2.05) is 24.3 Å². The van der Waals surface area contributed by atoms with Gasteiger partial charge in [-0.2, -0.15) is 0 Å². The third-order valence-electron chi connectivity index (χ3n) is 4.46. The number of anilines is 1. The van der Waals surface area contributed by atoms with Gasteiger partial charge in [-0.05, 0) is 43.7 Å². The number of carbonyl (C=O) groups excluding carboxylic acids is 2. The number of amides is 2. The Balaban J connectivity index is 1.77. The summed E-state index contributed by atoms with van der Waals surface area (Å²) < 4.78 is 10.9. The van der Waals surface area contributed by atoms with Crippen molar-refractivity contribution in [2.45, 2.75) is 26.0 Å². The summed E-state index contributed by atoms with van der Waals surface area (Å²) in [4.78, 5) is 26.7. The van der Waals surface area contributed by atoms with Crippen LogP contribution in [-0.4, -0.2) is 43.1 Å². The molecule has 0 fully saturated rings. The van der Waals surface area contributed by atoms with Crippen LogP contribution in [0.3, 0.4) is 0 Å². The summed E-state index contributed by atoms with van der Waals surface area (Å²) in [6, 6.07) is 14.5. The number of nitrogens with one attached hydrogen (secondary N) is 1. The molecule has 2 aromatic rings. The van der Waals surface area contributed by atoms with Crippen LogP contribution in [-0.2, 0) is 16.1 Å². The van der Waals surface area contributed by atoms with Crippen LogP contribution in [0.5, 0.6) is 5.75 Å². The van der Waals surface area contributed by atoms with Crippen molar-refractivity contribution >= 4 is 17.5 Å². The molecule has 0 radical (unpaired) electrons. The largest absolute Gasteiger partial charge is 0.481 e. The number of hydrogen-bond donors (Lipinski definition) is 1. The minimum absolute atomic E-state index is 0.0443. The van der Waals surface area contributed by atoms with E-state index in [0.29, 0.717) is 36.7 Å². The zero-order valence-corrected chi connectivity index (χ0v) is 15.6.